The summed E-state index contributed by atoms with van der Waals surface area (Å²) in [7, 11) is -2.06. The number of anilines is 3. The summed E-state index contributed by atoms with van der Waals surface area (Å²) in [4.78, 5) is 2.45. The minimum absolute atomic E-state index is 0.945. The Morgan fingerprint density at radius 3 is 1.98 bits per heavy atom. The second kappa shape index (κ2) is 11.4. The number of para-hydroxylation sites is 2. The van der Waals surface area contributed by atoms with Crippen molar-refractivity contribution in [3.8, 4) is 33.4 Å². The van der Waals surface area contributed by atoms with E-state index in [1.165, 1.54) is 65.3 Å². The van der Waals surface area contributed by atoms with Gasteiger partial charge in [0.25, 0.3) is 0 Å². The molecule has 2 heterocycles. The third-order valence-corrected chi connectivity index (χ3v) is 14.4. The number of benzene rings is 8. The fraction of sp³-hybridized carbons (Fsp3) is 0.0417. The fourth-order valence-corrected chi connectivity index (χ4v) is 11.5. The second-order valence-corrected chi connectivity index (χ2v) is 18.4. The largest absolute Gasteiger partial charge is 0.456 e. The molecule has 0 aliphatic carbocycles. The van der Waals surface area contributed by atoms with Crippen LogP contribution in [-0.4, -0.2) is 8.07 Å². The lowest BCUT2D eigenvalue weighted by atomic mass is 9.97. The van der Waals surface area contributed by atoms with Crippen LogP contribution in [0.3, 0.4) is 0 Å². The molecule has 0 unspecified atom stereocenters. The molecule has 0 fully saturated rings. The summed E-state index contributed by atoms with van der Waals surface area (Å²) in [5.74, 6) is 0. The van der Waals surface area contributed by atoms with Crippen molar-refractivity contribution in [1.82, 2.24) is 0 Å². The summed E-state index contributed by atoms with van der Waals surface area (Å²) in [5, 5.41) is 7.89. The van der Waals surface area contributed by atoms with Crippen molar-refractivity contribution in [2.45, 2.75) is 13.1 Å². The van der Waals surface area contributed by atoms with E-state index in [-0.39, 0.29) is 0 Å². The predicted octanol–water partition coefficient (Wildman–Crippen LogP) is 12.3. The number of fused-ring (bicyclic) bond motifs is 8. The van der Waals surface area contributed by atoms with Crippen molar-refractivity contribution < 1.29 is 4.42 Å². The fourth-order valence-electron chi connectivity index (χ4n) is 8.39. The molecule has 0 amide bonds. The Bertz CT molecular complexity index is 2770. The van der Waals surface area contributed by atoms with Gasteiger partial charge in [0, 0.05) is 27.7 Å². The van der Waals surface area contributed by atoms with Gasteiger partial charge in [-0.15, -0.1) is 0 Å². The standard InChI is InChI=1S/C48H35NOSi/c1-51(2)45-30-29-44-47(40-19-9-11-22-43(40)50-44)48(45)41-28-27-36(31-46(41)51)49(42-21-10-8-18-39(42)33-13-4-3-5-14-33)35-25-23-34(24-26-35)38-20-12-16-32-15-6-7-17-37(32)38/h3-31H,1-2H3. The van der Waals surface area contributed by atoms with Crippen molar-refractivity contribution in [2.75, 3.05) is 4.90 Å². The van der Waals surface area contributed by atoms with Crippen molar-refractivity contribution in [3.63, 3.8) is 0 Å². The molecule has 1 aliphatic heterocycles. The van der Waals surface area contributed by atoms with Gasteiger partial charge in [0.1, 0.15) is 19.2 Å². The summed E-state index contributed by atoms with van der Waals surface area (Å²) in [6, 6.07) is 64.0. The Balaban J connectivity index is 1.17. The first kappa shape index (κ1) is 29.7. The van der Waals surface area contributed by atoms with Gasteiger partial charge in [-0.3, -0.25) is 0 Å². The number of furan rings is 1. The van der Waals surface area contributed by atoms with Gasteiger partial charge in [0.2, 0.25) is 0 Å². The summed E-state index contributed by atoms with van der Waals surface area (Å²) in [5.41, 5.74) is 12.9. The summed E-state index contributed by atoms with van der Waals surface area (Å²) < 4.78 is 6.37. The lowest BCUT2D eigenvalue weighted by Crippen LogP contribution is -2.49. The predicted molar refractivity (Wildman–Crippen MR) is 219 cm³/mol. The molecular formula is C48H35NOSi. The third-order valence-electron chi connectivity index (χ3n) is 10.9. The smallest absolute Gasteiger partial charge is 0.136 e. The summed E-state index contributed by atoms with van der Waals surface area (Å²) in [6.45, 7) is 4.99. The van der Waals surface area contributed by atoms with Crippen LogP contribution in [0.5, 0.6) is 0 Å². The quantitative estimate of drug-likeness (QED) is 0.170. The van der Waals surface area contributed by atoms with E-state index in [1.807, 2.05) is 0 Å². The molecule has 2 nitrogen and oxygen atoms in total. The van der Waals surface area contributed by atoms with Crippen LogP contribution in [0.1, 0.15) is 0 Å². The minimum atomic E-state index is -2.06. The zero-order valence-electron chi connectivity index (χ0n) is 28.6. The van der Waals surface area contributed by atoms with E-state index in [0.717, 1.165) is 28.2 Å². The average molecular weight is 670 g/mol. The molecule has 242 valence electrons. The third kappa shape index (κ3) is 4.62. The molecule has 51 heavy (non-hydrogen) atoms. The number of rotatable bonds is 5. The number of hydrogen-bond acceptors (Lipinski definition) is 2. The van der Waals surface area contributed by atoms with Crippen molar-refractivity contribution in [3.05, 3.63) is 176 Å². The molecule has 0 radical (unpaired) electrons. The van der Waals surface area contributed by atoms with E-state index in [0.29, 0.717) is 0 Å². The van der Waals surface area contributed by atoms with Gasteiger partial charge < -0.3 is 9.32 Å². The molecule has 3 heteroatoms. The van der Waals surface area contributed by atoms with E-state index in [9.17, 15) is 0 Å². The van der Waals surface area contributed by atoms with Gasteiger partial charge in [0.05, 0.1) is 5.69 Å². The van der Waals surface area contributed by atoms with Gasteiger partial charge in [0.15, 0.2) is 0 Å². The highest BCUT2D eigenvalue weighted by Crippen LogP contribution is 2.44. The first-order valence-corrected chi connectivity index (χ1v) is 20.7. The maximum Gasteiger partial charge on any atom is 0.136 e. The molecule has 0 bridgehead atoms. The van der Waals surface area contributed by atoms with Crippen LogP contribution in [0.2, 0.25) is 13.1 Å². The molecule has 9 aromatic rings. The van der Waals surface area contributed by atoms with Gasteiger partial charge >= 0.3 is 0 Å². The van der Waals surface area contributed by atoms with Gasteiger partial charge in [-0.1, -0.05) is 147 Å². The van der Waals surface area contributed by atoms with Crippen LogP contribution in [0.4, 0.5) is 17.1 Å². The molecule has 10 rings (SSSR count). The highest BCUT2D eigenvalue weighted by molar-refractivity contribution is 7.04. The lowest BCUT2D eigenvalue weighted by molar-refractivity contribution is 0.669. The second-order valence-electron chi connectivity index (χ2n) is 14.1. The van der Waals surface area contributed by atoms with E-state index < -0.39 is 8.07 Å². The monoisotopic (exact) mass is 669 g/mol. The summed E-state index contributed by atoms with van der Waals surface area (Å²) >= 11 is 0. The maximum atomic E-state index is 6.37. The van der Waals surface area contributed by atoms with E-state index in [4.69, 9.17) is 4.42 Å². The van der Waals surface area contributed by atoms with Crippen LogP contribution in [0.25, 0.3) is 66.1 Å². The molecule has 1 aliphatic rings. The Morgan fingerprint density at radius 2 is 1.12 bits per heavy atom. The molecule has 8 aromatic carbocycles. The molecule has 0 N–H and O–H groups in total. The Hall–Kier alpha value is -6.16. The summed E-state index contributed by atoms with van der Waals surface area (Å²) in [6.07, 6.45) is 0. The Kier molecular flexibility index (Phi) is 6.67. The topological polar surface area (TPSA) is 16.4 Å². The highest BCUT2D eigenvalue weighted by atomic mass is 28.3. The average Bonchev–Trinajstić information content (AvgIpc) is 3.67. The highest BCUT2D eigenvalue weighted by Gasteiger charge is 2.39. The van der Waals surface area contributed by atoms with E-state index >= 15 is 0 Å². The van der Waals surface area contributed by atoms with Crippen molar-refractivity contribution >= 4 is 68.2 Å². The normalized spacial score (nSPS) is 13.1. The van der Waals surface area contributed by atoms with Crippen LogP contribution < -0.4 is 15.3 Å². The van der Waals surface area contributed by atoms with E-state index in [2.05, 4.69) is 194 Å². The van der Waals surface area contributed by atoms with Gasteiger partial charge in [-0.25, -0.2) is 0 Å². The molecule has 0 saturated carbocycles. The first-order chi connectivity index (χ1) is 25.1. The van der Waals surface area contributed by atoms with Crippen molar-refractivity contribution in [1.29, 1.82) is 0 Å². The molecule has 0 saturated heterocycles. The van der Waals surface area contributed by atoms with Crippen LogP contribution in [-0.2, 0) is 0 Å². The van der Waals surface area contributed by atoms with Crippen LogP contribution in [0.15, 0.2) is 180 Å². The molecular weight excluding hydrogens is 635 g/mol. The Morgan fingerprint density at radius 1 is 0.451 bits per heavy atom. The van der Waals surface area contributed by atoms with Gasteiger partial charge in [-0.2, -0.15) is 0 Å². The zero-order valence-corrected chi connectivity index (χ0v) is 29.6. The minimum Gasteiger partial charge on any atom is -0.456 e. The van der Waals surface area contributed by atoms with Crippen molar-refractivity contribution in [2.24, 2.45) is 0 Å². The molecule has 0 spiro atoms. The lowest BCUT2D eigenvalue weighted by Gasteiger charge is -2.29. The SMILES string of the molecule is C[Si]1(C)c2cc(N(c3ccc(-c4cccc5ccccc45)cc3)c3ccccc3-c3ccccc3)ccc2-c2c1ccc1oc3ccccc3c21. The Labute approximate surface area is 298 Å². The maximum absolute atomic E-state index is 6.37. The van der Waals surface area contributed by atoms with Gasteiger partial charge in [-0.05, 0) is 91.4 Å². The molecule has 1 aromatic heterocycles. The van der Waals surface area contributed by atoms with E-state index in [1.54, 1.807) is 0 Å². The molecule has 0 atom stereocenters. The number of nitrogens with zero attached hydrogens (tertiary/aromatic N) is 1. The first-order valence-electron chi connectivity index (χ1n) is 17.7. The zero-order chi connectivity index (χ0) is 34.1. The van der Waals surface area contributed by atoms with Crippen LogP contribution in [0, 0.1) is 0 Å². The van der Waals surface area contributed by atoms with Crippen LogP contribution >= 0.6 is 0 Å². The number of hydrogen-bond donors (Lipinski definition) is 0.